The average molecular weight is 164 g/mol. The molecule has 0 radical (unpaired) electrons. The van der Waals surface area contributed by atoms with Gasteiger partial charge in [-0.3, -0.25) is 4.79 Å². The summed E-state index contributed by atoms with van der Waals surface area (Å²) >= 11 is 0. The molecule has 3 nitrogen and oxygen atoms in total. The molecule has 62 valence electrons. The lowest BCUT2D eigenvalue weighted by molar-refractivity contribution is -0.161. The maximum Gasteiger partial charge on any atom is 0.378 e. The SMILES string of the molecule is C=CCC(F)(F)C(=O)C(=O)O. The van der Waals surface area contributed by atoms with Crippen LogP contribution in [0.15, 0.2) is 12.7 Å². The summed E-state index contributed by atoms with van der Waals surface area (Å²) in [6.07, 6.45) is -0.154. The molecule has 0 aliphatic carbocycles. The van der Waals surface area contributed by atoms with Gasteiger partial charge in [-0.2, -0.15) is 8.78 Å². The lowest BCUT2D eigenvalue weighted by Crippen LogP contribution is -2.34. The monoisotopic (exact) mass is 164 g/mol. The van der Waals surface area contributed by atoms with Crippen LogP contribution in [0.3, 0.4) is 0 Å². The van der Waals surface area contributed by atoms with Crippen LogP contribution in [0.5, 0.6) is 0 Å². The number of carboxylic acid groups (broad SMARTS) is 1. The van der Waals surface area contributed by atoms with Gasteiger partial charge in [0.05, 0.1) is 0 Å². The van der Waals surface area contributed by atoms with Gasteiger partial charge in [-0.15, -0.1) is 6.58 Å². The van der Waals surface area contributed by atoms with E-state index in [1.54, 1.807) is 0 Å². The molecule has 0 saturated carbocycles. The number of allylic oxidation sites excluding steroid dienone is 1. The molecule has 0 aromatic carbocycles. The number of alkyl halides is 2. The predicted molar refractivity (Wildman–Crippen MR) is 32.4 cm³/mol. The number of Topliss-reactive ketones (excluding diaryl/α,β-unsaturated/α-hetero) is 1. The number of aliphatic carboxylic acids is 1. The third-order valence-electron chi connectivity index (χ3n) is 0.927. The fraction of sp³-hybridized carbons (Fsp3) is 0.333. The summed E-state index contributed by atoms with van der Waals surface area (Å²) in [5, 5.41) is 7.88. The molecule has 1 N–H and O–H groups in total. The summed E-state index contributed by atoms with van der Waals surface area (Å²) in [6.45, 7) is 2.96. The highest BCUT2D eigenvalue weighted by Gasteiger charge is 2.41. The second-order valence-electron chi connectivity index (χ2n) is 1.83. The molecule has 0 saturated heterocycles. The van der Waals surface area contributed by atoms with Crippen LogP contribution in [-0.4, -0.2) is 22.8 Å². The molecule has 0 rings (SSSR count). The van der Waals surface area contributed by atoms with Crippen LogP contribution in [0.4, 0.5) is 8.78 Å². The van der Waals surface area contributed by atoms with Gasteiger partial charge in [-0.05, 0) is 0 Å². The van der Waals surface area contributed by atoms with Crippen molar-refractivity contribution in [1.29, 1.82) is 0 Å². The van der Waals surface area contributed by atoms with Crippen LogP contribution >= 0.6 is 0 Å². The van der Waals surface area contributed by atoms with E-state index in [0.29, 0.717) is 0 Å². The lowest BCUT2D eigenvalue weighted by atomic mass is 10.1. The summed E-state index contributed by atoms with van der Waals surface area (Å²) in [6, 6.07) is 0. The molecule has 0 aliphatic rings. The second-order valence-corrected chi connectivity index (χ2v) is 1.83. The number of halogens is 2. The predicted octanol–water partition coefficient (Wildman–Crippen LogP) is 0.851. The van der Waals surface area contributed by atoms with Crippen molar-refractivity contribution in [1.82, 2.24) is 0 Å². The van der Waals surface area contributed by atoms with Crippen molar-refractivity contribution >= 4 is 11.8 Å². The van der Waals surface area contributed by atoms with Crippen LogP contribution in [0.1, 0.15) is 6.42 Å². The minimum atomic E-state index is -3.83. The summed E-state index contributed by atoms with van der Waals surface area (Å²) < 4.78 is 24.5. The zero-order chi connectivity index (χ0) is 9.07. The van der Waals surface area contributed by atoms with Crippen LogP contribution in [0, 0.1) is 0 Å². The minimum absolute atomic E-state index is 0.792. The summed E-state index contributed by atoms with van der Waals surface area (Å²) in [7, 11) is 0. The summed E-state index contributed by atoms with van der Waals surface area (Å²) in [5.74, 6) is -8.05. The van der Waals surface area contributed by atoms with Gasteiger partial charge in [0, 0.05) is 6.42 Å². The van der Waals surface area contributed by atoms with Crippen molar-refractivity contribution in [3.8, 4) is 0 Å². The minimum Gasteiger partial charge on any atom is -0.475 e. The zero-order valence-electron chi connectivity index (χ0n) is 5.51. The molecule has 11 heavy (non-hydrogen) atoms. The van der Waals surface area contributed by atoms with Crippen LogP contribution in [-0.2, 0) is 9.59 Å². The van der Waals surface area contributed by atoms with Crippen molar-refractivity contribution in [3.63, 3.8) is 0 Å². The number of hydrogen-bond acceptors (Lipinski definition) is 2. The number of rotatable bonds is 4. The van der Waals surface area contributed by atoms with Crippen molar-refractivity contribution < 1.29 is 23.5 Å². The maximum absolute atomic E-state index is 12.3. The van der Waals surface area contributed by atoms with E-state index in [2.05, 4.69) is 6.58 Å². The van der Waals surface area contributed by atoms with Gasteiger partial charge in [-0.1, -0.05) is 6.08 Å². The average Bonchev–Trinajstić information content (AvgIpc) is 1.86. The molecule has 0 heterocycles. The third kappa shape index (κ3) is 2.45. The quantitative estimate of drug-likeness (QED) is 0.495. The Morgan fingerprint density at radius 1 is 1.55 bits per heavy atom. The Kier molecular flexibility index (Phi) is 2.86. The Labute approximate surface area is 61.3 Å². The number of hydrogen-bond donors (Lipinski definition) is 1. The van der Waals surface area contributed by atoms with Crippen molar-refractivity contribution in [2.45, 2.75) is 12.3 Å². The smallest absolute Gasteiger partial charge is 0.378 e. The van der Waals surface area contributed by atoms with Gasteiger partial charge in [0.15, 0.2) is 0 Å². The van der Waals surface area contributed by atoms with Crippen molar-refractivity contribution in [2.24, 2.45) is 0 Å². The third-order valence-corrected chi connectivity index (χ3v) is 0.927. The van der Waals surface area contributed by atoms with E-state index in [1.807, 2.05) is 0 Å². The topological polar surface area (TPSA) is 54.4 Å². The van der Waals surface area contributed by atoms with Gasteiger partial charge >= 0.3 is 17.7 Å². The molecule has 0 atom stereocenters. The van der Waals surface area contributed by atoms with Crippen molar-refractivity contribution in [2.75, 3.05) is 0 Å². The highest BCUT2D eigenvalue weighted by Crippen LogP contribution is 2.19. The first-order valence-electron chi connectivity index (χ1n) is 2.68. The molecule has 0 bridgehead atoms. The van der Waals surface area contributed by atoms with E-state index in [1.165, 1.54) is 0 Å². The Balaban J connectivity index is 4.41. The lowest BCUT2D eigenvalue weighted by Gasteiger charge is -2.08. The van der Waals surface area contributed by atoms with E-state index in [9.17, 15) is 18.4 Å². The Hall–Kier alpha value is -1.26. The highest BCUT2D eigenvalue weighted by atomic mass is 19.3. The molecular weight excluding hydrogens is 158 g/mol. The Morgan fingerprint density at radius 2 is 2.00 bits per heavy atom. The van der Waals surface area contributed by atoms with E-state index >= 15 is 0 Å². The first kappa shape index (κ1) is 9.74. The van der Waals surface area contributed by atoms with Gasteiger partial charge in [0.25, 0.3) is 0 Å². The molecular formula is C6H6F2O3. The Morgan fingerprint density at radius 3 is 2.27 bits per heavy atom. The maximum atomic E-state index is 12.3. The normalized spacial score (nSPS) is 10.7. The molecule has 0 aromatic heterocycles. The number of carbonyl (C=O) groups excluding carboxylic acids is 1. The van der Waals surface area contributed by atoms with Crippen LogP contribution in [0.2, 0.25) is 0 Å². The largest absolute Gasteiger partial charge is 0.475 e. The first-order valence-corrected chi connectivity index (χ1v) is 2.68. The van der Waals surface area contributed by atoms with Gasteiger partial charge in [0.1, 0.15) is 0 Å². The fourth-order valence-corrected chi connectivity index (χ4v) is 0.430. The van der Waals surface area contributed by atoms with E-state index < -0.39 is 24.1 Å². The summed E-state index contributed by atoms with van der Waals surface area (Å²) in [5.41, 5.74) is 0. The first-order chi connectivity index (χ1) is 4.91. The molecule has 0 aliphatic heterocycles. The number of carboxylic acids is 1. The van der Waals surface area contributed by atoms with Crippen LogP contribution < -0.4 is 0 Å². The number of ketones is 1. The highest BCUT2D eigenvalue weighted by molar-refractivity contribution is 6.35. The summed E-state index contributed by atoms with van der Waals surface area (Å²) in [4.78, 5) is 19.9. The number of carbonyl (C=O) groups is 2. The molecule has 0 aromatic rings. The van der Waals surface area contributed by atoms with E-state index in [0.717, 1.165) is 6.08 Å². The molecule has 0 fully saturated rings. The van der Waals surface area contributed by atoms with Gasteiger partial charge < -0.3 is 5.11 Å². The molecule has 0 spiro atoms. The Bertz CT molecular complexity index is 198. The van der Waals surface area contributed by atoms with Crippen LogP contribution in [0.25, 0.3) is 0 Å². The standard InChI is InChI=1S/C6H6F2O3/c1-2-3-6(7,8)4(9)5(10)11/h2H,1,3H2,(H,10,11). The molecule has 0 unspecified atom stereocenters. The van der Waals surface area contributed by atoms with E-state index in [4.69, 9.17) is 5.11 Å². The zero-order valence-corrected chi connectivity index (χ0v) is 5.51. The van der Waals surface area contributed by atoms with Gasteiger partial charge in [0.2, 0.25) is 0 Å². The van der Waals surface area contributed by atoms with Crippen molar-refractivity contribution in [3.05, 3.63) is 12.7 Å². The molecule has 5 heteroatoms. The second kappa shape index (κ2) is 3.23. The van der Waals surface area contributed by atoms with E-state index in [-0.39, 0.29) is 0 Å². The van der Waals surface area contributed by atoms with Gasteiger partial charge in [-0.25, -0.2) is 4.79 Å². The fourth-order valence-electron chi connectivity index (χ4n) is 0.430. The molecule has 0 amide bonds.